The van der Waals surface area contributed by atoms with Crippen LogP contribution in [0.2, 0.25) is 0 Å². The summed E-state index contributed by atoms with van der Waals surface area (Å²) in [5.41, 5.74) is 1.02. The van der Waals surface area contributed by atoms with Gasteiger partial charge in [-0.2, -0.15) is 5.26 Å². The van der Waals surface area contributed by atoms with Crippen LogP contribution in [-0.4, -0.2) is 35.0 Å². The van der Waals surface area contributed by atoms with Gasteiger partial charge in [-0.25, -0.2) is 4.98 Å². The average Bonchev–Trinajstić information content (AvgIpc) is 3.05. The van der Waals surface area contributed by atoms with Crippen LogP contribution in [-0.2, 0) is 0 Å². The van der Waals surface area contributed by atoms with Crippen molar-refractivity contribution >= 4 is 21.8 Å². The number of amides is 1. The smallest absolute Gasteiger partial charge is 0.254 e. The maximum Gasteiger partial charge on any atom is 0.254 e. The lowest BCUT2D eigenvalue weighted by Gasteiger charge is -2.17. The molecule has 6 heteroatoms. The summed E-state index contributed by atoms with van der Waals surface area (Å²) in [4.78, 5) is 18.4. The Balaban J connectivity index is 1.66. The van der Waals surface area contributed by atoms with Crippen molar-refractivity contribution in [2.24, 2.45) is 0 Å². The molecule has 23 heavy (non-hydrogen) atoms. The normalized spacial score (nSPS) is 16.9. The molecule has 0 radical (unpaired) electrons. The van der Waals surface area contributed by atoms with Crippen molar-refractivity contribution in [2.75, 3.05) is 13.1 Å². The zero-order valence-electron chi connectivity index (χ0n) is 12.3. The highest BCUT2D eigenvalue weighted by atomic mass is 79.9. The highest BCUT2D eigenvalue weighted by Gasteiger charge is 2.29. The standard InChI is InChI=1S/C17H14BrN3O2/c18-15-5-2-7-20-16(15)23-14-6-8-21(11-14)17(22)13-4-1-3-12(9-13)10-19/h1-5,7,9,14H,6,8,11H2. The molecule has 3 rings (SSSR count). The van der Waals surface area contributed by atoms with E-state index in [1.807, 2.05) is 12.1 Å². The van der Waals surface area contributed by atoms with Crippen LogP contribution in [0.25, 0.3) is 0 Å². The molecule has 1 atom stereocenters. The first-order chi connectivity index (χ1) is 11.2. The van der Waals surface area contributed by atoms with Crippen LogP contribution >= 0.6 is 15.9 Å². The van der Waals surface area contributed by atoms with E-state index in [0.29, 0.717) is 30.1 Å². The maximum absolute atomic E-state index is 12.5. The van der Waals surface area contributed by atoms with E-state index in [2.05, 4.69) is 27.0 Å². The molecule has 1 amide bonds. The van der Waals surface area contributed by atoms with Gasteiger partial charge in [-0.3, -0.25) is 4.79 Å². The predicted molar refractivity (Wildman–Crippen MR) is 88.0 cm³/mol. The second-order valence-corrected chi connectivity index (χ2v) is 6.12. The number of nitriles is 1. The lowest BCUT2D eigenvalue weighted by molar-refractivity contribution is 0.0771. The molecule has 0 bridgehead atoms. The number of benzene rings is 1. The van der Waals surface area contributed by atoms with Gasteiger partial charge in [-0.1, -0.05) is 6.07 Å². The van der Waals surface area contributed by atoms with Gasteiger partial charge in [0.25, 0.3) is 5.91 Å². The zero-order chi connectivity index (χ0) is 16.2. The van der Waals surface area contributed by atoms with Gasteiger partial charge < -0.3 is 9.64 Å². The molecule has 1 aromatic heterocycles. The second kappa shape index (κ2) is 6.80. The fourth-order valence-electron chi connectivity index (χ4n) is 2.53. The first-order valence-electron chi connectivity index (χ1n) is 7.24. The Labute approximate surface area is 142 Å². The Morgan fingerprint density at radius 1 is 1.39 bits per heavy atom. The van der Waals surface area contributed by atoms with Crippen molar-refractivity contribution in [3.05, 3.63) is 58.2 Å². The summed E-state index contributed by atoms with van der Waals surface area (Å²) in [6.45, 7) is 1.14. The molecule has 0 aliphatic carbocycles. The molecular formula is C17H14BrN3O2. The van der Waals surface area contributed by atoms with Gasteiger partial charge in [0, 0.05) is 24.7 Å². The van der Waals surface area contributed by atoms with Crippen LogP contribution in [0, 0.1) is 11.3 Å². The van der Waals surface area contributed by atoms with Gasteiger partial charge in [0.05, 0.1) is 22.7 Å². The molecule has 0 N–H and O–H groups in total. The third-order valence-corrected chi connectivity index (χ3v) is 4.28. The van der Waals surface area contributed by atoms with E-state index in [-0.39, 0.29) is 12.0 Å². The Bertz CT molecular complexity index is 772. The van der Waals surface area contributed by atoms with Crippen molar-refractivity contribution in [1.29, 1.82) is 5.26 Å². The molecule has 1 fully saturated rings. The number of ether oxygens (including phenoxy) is 1. The molecule has 1 aliphatic rings. The molecule has 0 spiro atoms. The van der Waals surface area contributed by atoms with Crippen LogP contribution in [0.4, 0.5) is 0 Å². The topological polar surface area (TPSA) is 66.2 Å². The van der Waals surface area contributed by atoms with Crippen LogP contribution in [0.1, 0.15) is 22.3 Å². The Hall–Kier alpha value is -2.39. The summed E-state index contributed by atoms with van der Waals surface area (Å²) in [6, 6.07) is 12.5. The van der Waals surface area contributed by atoms with Crippen molar-refractivity contribution in [2.45, 2.75) is 12.5 Å². The Kier molecular flexibility index (Phi) is 4.58. The molecular weight excluding hydrogens is 358 g/mol. The molecule has 116 valence electrons. The van der Waals surface area contributed by atoms with Gasteiger partial charge in [0.2, 0.25) is 5.88 Å². The fourth-order valence-corrected chi connectivity index (χ4v) is 2.88. The SMILES string of the molecule is N#Cc1cccc(C(=O)N2CCC(Oc3ncccc3Br)C2)c1. The number of likely N-dealkylation sites (tertiary alicyclic amines) is 1. The minimum atomic E-state index is -0.0794. The van der Waals surface area contributed by atoms with Crippen molar-refractivity contribution < 1.29 is 9.53 Å². The Morgan fingerprint density at radius 2 is 2.26 bits per heavy atom. The van der Waals surface area contributed by atoms with E-state index in [1.54, 1.807) is 35.4 Å². The monoisotopic (exact) mass is 371 g/mol. The third kappa shape index (κ3) is 3.51. The summed E-state index contributed by atoms with van der Waals surface area (Å²) in [7, 11) is 0. The summed E-state index contributed by atoms with van der Waals surface area (Å²) < 4.78 is 6.66. The van der Waals surface area contributed by atoms with E-state index >= 15 is 0 Å². The second-order valence-electron chi connectivity index (χ2n) is 5.26. The molecule has 1 unspecified atom stereocenters. The summed E-state index contributed by atoms with van der Waals surface area (Å²) >= 11 is 3.40. The lowest BCUT2D eigenvalue weighted by Crippen LogP contribution is -2.31. The number of carbonyl (C=O) groups excluding carboxylic acids is 1. The summed E-state index contributed by atoms with van der Waals surface area (Å²) in [5.74, 6) is 0.464. The third-order valence-electron chi connectivity index (χ3n) is 3.67. The van der Waals surface area contributed by atoms with E-state index in [0.717, 1.165) is 10.9 Å². The number of hydrogen-bond acceptors (Lipinski definition) is 4. The minimum Gasteiger partial charge on any atom is -0.472 e. The highest BCUT2D eigenvalue weighted by Crippen LogP contribution is 2.25. The number of pyridine rings is 1. The van der Waals surface area contributed by atoms with E-state index in [9.17, 15) is 4.79 Å². The molecule has 1 aliphatic heterocycles. The van der Waals surface area contributed by atoms with Crippen LogP contribution < -0.4 is 4.74 Å². The van der Waals surface area contributed by atoms with Crippen molar-refractivity contribution in [3.63, 3.8) is 0 Å². The van der Waals surface area contributed by atoms with Gasteiger partial charge >= 0.3 is 0 Å². The van der Waals surface area contributed by atoms with Crippen molar-refractivity contribution in [3.8, 4) is 11.9 Å². The molecule has 1 aromatic carbocycles. The number of rotatable bonds is 3. The number of aromatic nitrogens is 1. The molecule has 5 nitrogen and oxygen atoms in total. The van der Waals surface area contributed by atoms with Crippen LogP contribution in [0.5, 0.6) is 5.88 Å². The van der Waals surface area contributed by atoms with Crippen LogP contribution in [0.3, 0.4) is 0 Å². The van der Waals surface area contributed by atoms with Gasteiger partial charge in [-0.15, -0.1) is 0 Å². The molecule has 0 saturated carbocycles. The average molecular weight is 372 g/mol. The van der Waals surface area contributed by atoms with Gasteiger partial charge in [-0.05, 0) is 46.3 Å². The molecule has 2 heterocycles. The van der Waals surface area contributed by atoms with E-state index in [4.69, 9.17) is 10.00 Å². The summed E-state index contributed by atoms with van der Waals surface area (Å²) in [5, 5.41) is 8.94. The zero-order valence-corrected chi connectivity index (χ0v) is 13.9. The minimum absolute atomic E-state index is 0.0757. The summed E-state index contributed by atoms with van der Waals surface area (Å²) in [6.07, 6.45) is 2.35. The number of carbonyl (C=O) groups is 1. The number of halogens is 1. The van der Waals surface area contributed by atoms with E-state index in [1.165, 1.54) is 0 Å². The highest BCUT2D eigenvalue weighted by molar-refractivity contribution is 9.10. The quantitative estimate of drug-likeness (QED) is 0.831. The van der Waals surface area contributed by atoms with Crippen molar-refractivity contribution in [1.82, 2.24) is 9.88 Å². The first kappa shape index (κ1) is 15.5. The maximum atomic E-state index is 12.5. The largest absolute Gasteiger partial charge is 0.472 e. The molecule has 1 saturated heterocycles. The first-order valence-corrected chi connectivity index (χ1v) is 8.03. The Morgan fingerprint density at radius 3 is 3.04 bits per heavy atom. The van der Waals surface area contributed by atoms with Crippen LogP contribution in [0.15, 0.2) is 47.1 Å². The van der Waals surface area contributed by atoms with Gasteiger partial charge in [0.15, 0.2) is 0 Å². The van der Waals surface area contributed by atoms with E-state index < -0.39 is 0 Å². The van der Waals surface area contributed by atoms with Gasteiger partial charge in [0.1, 0.15) is 6.10 Å². The lowest BCUT2D eigenvalue weighted by atomic mass is 10.1. The predicted octanol–water partition coefficient (Wildman–Crippen LogP) is 3.01. The molecule has 2 aromatic rings. The number of nitrogens with zero attached hydrogens (tertiary/aromatic N) is 3. The fraction of sp³-hybridized carbons (Fsp3) is 0.235. The number of hydrogen-bond donors (Lipinski definition) is 0.